The van der Waals surface area contributed by atoms with Crippen LogP contribution in [0.15, 0.2) is 24.3 Å². The molecule has 23 heavy (non-hydrogen) atoms. The molecule has 0 radical (unpaired) electrons. The molecule has 0 spiro atoms. The van der Waals surface area contributed by atoms with Crippen molar-refractivity contribution in [3.63, 3.8) is 0 Å². The molecule has 4 heteroatoms. The molecule has 0 N–H and O–H groups in total. The number of hydrogen-bond donors (Lipinski definition) is 0. The SMILES string of the molecule is O=C(CCC1CCCC1)N1CCN(Cc2ccccc2F)CC1. The van der Waals surface area contributed by atoms with Gasteiger partial charge in [-0.3, -0.25) is 9.69 Å². The number of halogens is 1. The number of piperazine rings is 1. The van der Waals surface area contributed by atoms with Gasteiger partial charge in [0.05, 0.1) is 0 Å². The Hall–Kier alpha value is -1.42. The van der Waals surface area contributed by atoms with Gasteiger partial charge in [-0.15, -0.1) is 0 Å². The molecule has 126 valence electrons. The lowest BCUT2D eigenvalue weighted by Gasteiger charge is -2.35. The molecule has 1 aromatic carbocycles. The third-order valence-corrected chi connectivity index (χ3v) is 5.32. The van der Waals surface area contributed by atoms with Crippen LogP contribution in [0.25, 0.3) is 0 Å². The molecule has 0 bridgehead atoms. The molecule has 3 nitrogen and oxygen atoms in total. The number of rotatable bonds is 5. The second-order valence-electron chi connectivity index (χ2n) is 6.94. The van der Waals surface area contributed by atoms with Gasteiger partial charge in [0.15, 0.2) is 0 Å². The molecule has 1 saturated carbocycles. The number of amides is 1. The van der Waals surface area contributed by atoms with Gasteiger partial charge in [0.25, 0.3) is 0 Å². The largest absolute Gasteiger partial charge is 0.340 e. The van der Waals surface area contributed by atoms with E-state index in [-0.39, 0.29) is 5.82 Å². The topological polar surface area (TPSA) is 23.6 Å². The zero-order chi connectivity index (χ0) is 16.1. The summed E-state index contributed by atoms with van der Waals surface area (Å²) in [6.07, 6.45) is 7.07. The second kappa shape index (κ2) is 7.91. The van der Waals surface area contributed by atoms with Crippen LogP contribution in [-0.4, -0.2) is 41.9 Å². The van der Waals surface area contributed by atoms with E-state index >= 15 is 0 Å². The van der Waals surface area contributed by atoms with Crippen LogP contribution in [-0.2, 0) is 11.3 Å². The van der Waals surface area contributed by atoms with Crippen molar-refractivity contribution in [2.45, 2.75) is 45.1 Å². The van der Waals surface area contributed by atoms with Crippen LogP contribution < -0.4 is 0 Å². The summed E-state index contributed by atoms with van der Waals surface area (Å²) in [4.78, 5) is 16.5. The number of benzene rings is 1. The van der Waals surface area contributed by atoms with Crippen molar-refractivity contribution in [3.05, 3.63) is 35.6 Å². The molecule has 0 aromatic heterocycles. The molecule has 2 fully saturated rings. The maximum absolute atomic E-state index is 13.7. The van der Waals surface area contributed by atoms with Crippen LogP contribution in [0.2, 0.25) is 0 Å². The minimum absolute atomic E-state index is 0.137. The Morgan fingerprint density at radius 2 is 1.78 bits per heavy atom. The quantitative estimate of drug-likeness (QED) is 0.830. The van der Waals surface area contributed by atoms with Crippen LogP contribution in [0, 0.1) is 11.7 Å². The third kappa shape index (κ3) is 4.54. The maximum Gasteiger partial charge on any atom is 0.222 e. The molecule has 1 amide bonds. The van der Waals surface area contributed by atoms with Crippen molar-refractivity contribution in [2.75, 3.05) is 26.2 Å². The van der Waals surface area contributed by atoms with Gasteiger partial charge in [0.1, 0.15) is 5.82 Å². The molecule has 1 heterocycles. The van der Waals surface area contributed by atoms with E-state index in [2.05, 4.69) is 4.90 Å². The Morgan fingerprint density at radius 3 is 2.48 bits per heavy atom. The molecular formula is C19H27FN2O. The molecule has 2 aliphatic rings. The molecule has 0 unspecified atom stereocenters. The molecular weight excluding hydrogens is 291 g/mol. The van der Waals surface area contributed by atoms with E-state index in [9.17, 15) is 9.18 Å². The predicted octanol–water partition coefficient (Wildman–Crippen LogP) is 3.44. The number of nitrogens with zero attached hydrogens (tertiary/aromatic N) is 2. The zero-order valence-corrected chi connectivity index (χ0v) is 13.8. The Kier molecular flexibility index (Phi) is 5.65. The monoisotopic (exact) mass is 318 g/mol. The van der Waals surface area contributed by atoms with E-state index in [4.69, 9.17) is 0 Å². The first-order chi connectivity index (χ1) is 11.2. The lowest BCUT2D eigenvalue weighted by molar-refractivity contribution is -0.133. The Morgan fingerprint density at radius 1 is 1.09 bits per heavy atom. The molecule has 1 aromatic rings. The van der Waals surface area contributed by atoms with Gasteiger partial charge < -0.3 is 4.90 Å². The van der Waals surface area contributed by atoms with Gasteiger partial charge in [0, 0.05) is 44.7 Å². The summed E-state index contributed by atoms with van der Waals surface area (Å²) in [5.74, 6) is 0.950. The molecule has 1 aliphatic carbocycles. The Labute approximate surface area is 138 Å². The fraction of sp³-hybridized carbons (Fsp3) is 0.632. The fourth-order valence-corrected chi connectivity index (χ4v) is 3.81. The second-order valence-corrected chi connectivity index (χ2v) is 6.94. The smallest absolute Gasteiger partial charge is 0.222 e. The number of carbonyl (C=O) groups excluding carboxylic acids is 1. The van der Waals surface area contributed by atoms with Gasteiger partial charge in [-0.2, -0.15) is 0 Å². The van der Waals surface area contributed by atoms with E-state index in [1.807, 2.05) is 17.0 Å². The standard InChI is InChI=1S/C19H27FN2O/c20-18-8-4-3-7-17(18)15-21-11-13-22(14-12-21)19(23)10-9-16-5-1-2-6-16/h3-4,7-8,16H,1-2,5-6,9-15H2. The van der Waals surface area contributed by atoms with Crippen LogP contribution in [0.3, 0.4) is 0 Å². The summed E-state index contributed by atoms with van der Waals surface area (Å²) in [6, 6.07) is 6.95. The van der Waals surface area contributed by atoms with Crippen molar-refractivity contribution < 1.29 is 9.18 Å². The predicted molar refractivity (Wildman–Crippen MR) is 89.4 cm³/mol. The summed E-state index contributed by atoms with van der Waals surface area (Å²) < 4.78 is 13.7. The zero-order valence-electron chi connectivity index (χ0n) is 13.8. The first kappa shape index (κ1) is 16.4. The third-order valence-electron chi connectivity index (χ3n) is 5.32. The van der Waals surface area contributed by atoms with Crippen LogP contribution in [0.1, 0.15) is 44.1 Å². The highest BCUT2D eigenvalue weighted by molar-refractivity contribution is 5.76. The van der Waals surface area contributed by atoms with E-state index in [0.717, 1.165) is 44.1 Å². The van der Waals surface area contributed by atoms with Gasteiger partial charge >= 0.3 is 0 Å². The maximum atomic E-state index is 13.7. The van der Waals surface area contributed by atoms with Crippen LogP contribution >= 0.6 is 0 Å². The minimum atomic E-state index is -0.137. The number of carbonyl (C=O) groups is 1. The first-order valence-corrected chi connectivity index (χ1v) is 8.96. The van der Waals surface area contributed by atoms with E-state index in [1.54, 1.807) is 6.07 Å². The van der Waals surface area contributed by atoms with Crippen molar-refractivity contribution in [3.8, 4) is 0 Å². The van der Waals surface area contributed by atoms with Crippen LogP contribution in [0.4, 0.5) is 4.39 Å². The summed E-state index contributed by atoms with van der Waals surface area (Å²) in [6.45, 7) is 3.86. The van der Waals surface area contributed by atoms with Crippen molar-refractivity contribution in [1.82, 2.24) is 9.80 Å². The Bertz CT molecular complexity index is 520. The van der Waals surface area contributed by atoms with Gasteiger partial charge in [-0.05, 0) is 18.4 Å². The fourth-order valence-electron chi connectivity index (χ4n) is 3.81. The summed E-state index contributed by atoms with van der Waals surface area (Å²) in [5.41, 5.74) is 0.744. The van der Waals surface area contributed by atoms with Crippen LogP contribution in [0.5, 0.6) is 0 Å². The molecule has 1 aliphatic heterocycles. The van der Waals surface area contributed by atoms with E-state index in [0.29, 0.717) is 18.9 Å². The lowest BCUT2D eigenvalue weighted by Crippen LogP contribution is -2.48. The number of hydrogen-bond acceptors (Lipinski definition) is 2. The molecule has 1 saturated heterocycles. The minimum Gasteiger partial charge on any atom is -0.340 e. The summed E-state index contributed by atoms with van der Waals surface area (Å²) >= 11 is 0. The first-order valence-electron chi connectivity index (χ1n) is 8.96. The highest BCUT2D eigenvalue weighted by Gasteiger charge is 2.23. The van der Waals surface area contributed by atoms with Crippen molar-refractivity contribution >= 4 is 5.91 Å². The van der Waals surface area contributed by atoms with Crippen molar-refractivity contribution in [2.24, 2.45) is 5.92 Å². The van der Waals surface area contributed by atoms with E-state index < -0.39 is 0 Å². The average Bonchev–Trinajstić information content (AvgIpc) is 3.09. The molecule has 3 rings (SSSR count). The van der Waals surface area contributed by atoms with Crippen molar-refractivity contribution in [1.29, 1.82) is 0 Å². The summed E-state index contributed by atoms with van der Waals surface area (Å²) in [7, 11) is 0. The lowest BCUT2D eigenvalue weighted by atomic mass is 10.0. The van der Waals surface area contributed by atoms with E-state index in [1.165, 1.54) is 31.7 Å². The molecule has 0 atom stereocenters. The Balaban J connectivity index is 1.41. The van der Waals surface area contributed by atoms with Gasteiger partial charge in [-0.25, -0.2) is 4.39 Å². The van der Waals surface area contributed by atoms with Gasteiger partial charge in [0.2, 0.25) is 5.91 Å². The summed E-state index contributed by atoms with van der Waals surface area (Å²) in [5, 5.41) is 0. The average molecular weight is 318 g/mol. The normalized spacial score (nSPS) is 20.1. The van der Waals surface area contributed by atoms with Gasteiger partial charge in [-0.1, -0.05) is 43.9 Å². The highest BCUT2D eigenvalue weighted by atomic mass is 19.1. The highest BCUT2D eigenvalue weighted by Crippen LogP contribution is 2.28.